The van der Waals surface area contributed by atoms with Gasteiger partial charge in [0.25, 0.3) is 5.91 Å². The molecule has 3 rings (SSSR count). The molecule has 0 aliphatic carbocycles. The number of nitrogens with one attached hydrogen (secondary N) is 1. The largest absolute Gasteiger partial charge is 0.573 e. The molecule has 3 aromatic carbocycles. The predicted molar refractivity (Wildman–Crippen MR) is 95.8 cm³/mol. The first kappa shape index (κ1) is 18.6. The molecule has 0 unspecified atom stereocenters. The summed E-state index contributed by atoms with van der Waals surface area (Å²) in [5, 5.41) is 4.47. The van der Waals surface area contributed by atoms with E-state index in [2.05, 4.69) is 10.1 Å². The Kier molecular flexibility index (Phi) is 5.21. The van der Waals surface area contributed by atoms with Gasteiger partial charge in [0.1, 0.15) is 11.5 Å². The molecule has 0 aromatic heterocycles. The lowest BCUT2D eigenvalue weighted by atomic mass is 10.1. The molecule has 7 heteroatoms. The number of halogens is 3. The van der Waals surface area contributed by atoms with E-state index in [9.17, 15) is 18.0 Å². The van der Waals surface area contributed by atoms with E-state index in [4.69, 9.17) is 4.74 Å². The zero-order valence-electron chi connectivity index (χ0n) is 14.3. The van der Waals surface area contributed by atoms with Crippen LogP contribution in [0.1, 0.15) is 6.92 Å². The van der Waals surface area contributed by atoms with Crippen molar-refractivity contribution in [3.63, 3.8) is 0 Å². The Morgan fingerprint density at radius 1 is 0.963 bits per heavy atom. The fourth-order valence-corrected chi connectivity index (χ4v) is 2.53. The fraction of sp³-hybridized carbons (Fsp3) is 0.150. The molecule has 140 valence electrons. The van der Waals surface area contributed by atoms with E-state index in [0.29, 0.717) is 11.4 Å². The summed E-state index contributed by atoms with van der Waals surface area (Å²) >= 11 is 0. The molecule has 3 aromatic rings. The second-order valence-corrected chi connectivity index (χ2v) is 5.80. The highest BCUT2D eigenvalue weighted by atomic mass is 19.4. The molecule has 0 saturated carbocycles. The number of hydrogen-bond donors (Lipinski definition) is 1. The Labute approximate surface area is 153 Å². The van der Waals surface area contributed by atoms with E-state index in [0.717, 1.165) is 22.9 Å². The average Bonchev–Trinajstić information content (AvgIpc) is 2.62. The van der Waals surface area contributed by atoms with Crippen LogP contribution >= 0.6 is 0 Å². The first-order chi connectivity index (χ1) is 12.8. The van der Waals surface area contributed by atoms with Gasteiger partial charge in [-0.2, -0.15) is 0 Å². The summed E-state index contributed by atoms with van der Waals surface area (Å²) in [5.41, 5.74) is 0.336. The minimum absolute atomic E-state index is 0.336. The number of anilines is 1. The molecule has 27 heavy (non-hydrogen) atoms. The lowest BCUT2D eigenvalue weighted by Gasteiger charge is -2.16. The van der Waals surface area contributed by atoms with Gasteiger partial charge in [0.2, 0.25) is 0 Å². The summed E-state index contributed by atoms with van der Waals surface area (Å²) in [7, 11) is 0. The van der Waals surface area contributed by atoms with Crippen molar-refractivity contribution in [3.05, 3.63) is 66.7 Å². The van der Waals surface area contributed by atoms with Crippen molar-refractivity contribution < 1.29 is 27.4 Å². The average molecular weight is 375 g/mol. The molecule has 0 aliphatic rings. The van der Waals surface area contributed by atoms with Crippen LogP contribution in [0.5, 0.6) is 11.5 Å². The SMILES string of the molecule is C[C@@H](Oc1cccc2ccccc12)C(=O)Nc1ccc(OC(F)(F)F)cc1. The van der Waals surface area contributed by atoms with Crippen molar-refractivity contribution >= 4 is 22.4 Å². The van der Waals surface area contributed by atoms with Crippen LogP contribution in [0.2, 0.25) is 0 Å². The number of carbonyl (C=O) groups excluding carboxylic acids is 1. The quantitative estimate of drug-likeness (QED) is 0.671. The van der Waals surface area contributed by atoms with Gasteiger partial charge in [-0.05, 0) is 42.6 Å². The minimum Gasteiger partial charge on any atom is -0.480 e. The molecule has 0 saturated heterocycles. The van der Waals surface area contributed by atoms with Crippen molar-refractivity contribution in [2.24, 2.45) is 0 Å². The van der Waals surface area contributed by atoms with Gasteiger partial charge in [0, 0.05) is 11.1 Å². The third kappa shape index (κ3) is 4.91. The van der Waals surface area contributed by atoms with Crippen LogP contribution in [0, 0.1) is 0 Å². The Morgan fingerprint density at radius 3 is 2.33 bits per heavy atom. The zero-order valence-corrected chi connectivity index (χ0v) is 14.3. The van der Waals surface area contributed by atoms with Crippen LogP contribution in [0.3, 0.4) is 0 Å². The van der Waals surface area contributed by atoms with Crippen molar-refractivity contribution in [3.8, 4) is 11.5 Å². The van der Waals surface area contributed by atoms with Crippen LogP contribution < -0.4 is 14.8 Å². The molecule has 0 spiro atoms. The summed E-state index contributed by atoms with van der Waals surface area (Å²) in [6, 6.07) is 18.1. The van der Waals surface area contributed by atoms with Gasteiger partial charge < -0.3 is 14.8 Å². The highest BCUT2D eigenvalue weighted by Gasteiger charge is 2.31. The molecule has 4 nitrogen and oxygen atoms in total. The highest BCUT2D eigenvalue weighted by molar-refractivity contribution is 5.95. The smallest absolute Gasteiger partial charge is 0.480 e. The second-order valence-electron chi connectivity index (χ2n) is 5.80. The zero-order chi connectivity index (χ0) is 19.4. The van der Waals surface area contributed by atoms with Gasteiger partial charge >= 0.3 is 6.36 Å². The molecule has 0 bridgehead atoms. The Bertz CT molecular complexity index is 934. The maximum atomic E-state index is 12.3. The summed E-state index contributed by atoms with van der Waals surface area (Å²) in [4.78, 5) is 12.3. The van der Waals surface area contributed by atoms with Gasteiger partial charge in [-0.15, -0.1) is 13.2 Å². The molecular formula is C20H16F3NO3. The van der Waals surface area contributed by atoms with Gasteiger partial charge in [0.15, 0.2) is 6.10 Å². The fourth-order valence-electron chi connectivity index (χ4n) is 2.53. The van der Waals surface area contributed by atoms with E-state index in [1.807, 2.05) is 36.4 Å². The van der Waals surface area contributed by atoms with E-state index < -0.39 is 18.4 Å². The Balaban J connectivity index is 1.65. The molecule has 0 fully saturated rings. The number of ether oxygens (including phenoxy) is 2. The van der Waals surface area contributed by atoms with Crippen LogP contribution in [0.15, 0.2) is 66.7 Å². The summed E-state index contributed by atoms with van der Waals surface area (Å²) in [6.07, 6.45) is -5.56. The lowest BCUT2D eigenvalue weighted by Crippen LogP contribution is -2.30. The number of hydrogen-bond acceptors (Lipinski definition) is 3. The standard InChI is InChI=1S/C20H16F3NO3/c1-13(26-18-8-4-6-14-5-2-3-7-17(14)18)19(25)24-15-9-11-16(12-10-15)27-20(21,22)23/h2-13H,1H3,(H,24,25)/t13-/m1/s1. The predicted octanol–water partition coefficient (Wildman–Crippen LogP) is 5.14. The molecular weight excluding hydrogens is 359 g/mol. The van der Waals surface area contributed by atoms with E-state index in [1.54, 1.807) is 13.0 Å². The van der Waals surface area contributed by atoms with E-state index >= 15 is 0 Å². The number of rotatable bonds is 5. The number of amides is 1. The topological polar surface area (TPSA) is 47.6 Å². The number of benzene rings is 3. The lowest BCUT2D eigenvalue weighted by molar-refractivity contribution is -0.274. The minimum atomic E-state index is -4.76. The van der Waals surface area contributed by atoms with E-state index in [1.165, 1.54) is 12.1 Å². The normalized spacial score (nSPS) is 12.4. The summed E-state index contributed by atoms with van der Waals surface area (Å²) in [6.45, 7) is 1.60. The first-order valence-corrected chi connectivity index (χ1v) is 8.13. The van der Waals surface area contributed by atoms with Gasteiger partial charge in [-0.3, -0.25) is 4.79 Å². The maximum absolute atomic E-state index is 12.3. The molecule has 0 radical (unpaired) electrons. The van der Waals surface area contributed by atoms with Crippen molar-refractivity contribution in [2.45, 2.75) is 19.4 Å². The monoisotopic (exact) mass is 375 g/mol. The summed E-state index contributed by atoms with van der Waals surface area (Å²) < 4.78 is 46.1. The van der Waals surface area contributed by atoms with Crippen LogP contribution in [0.25, 0.3) is 10.8 Å². The third-order valence-corrected chi connectivity index (χ3v) is 3.78. The molecule has 1 amide bonds. The van der Waals surface area contributed by atoms with Crippen LogP contribution in [0.4, 0.5) is 18.9 Å². The maximum Gasteiger partial charge on any atom is 0.573 e. The molecule has 1 atom stereocenters. The van der Waals surface area contributed by atoms with Crippen molar-refractivity contribution in [2.75, 3.05) is 5.32 Å². The van der Waals surface area contributed by atoms with Gasteiger partial charge in [-0.25, -0.2) is 0 Å². The second kappa shape index (κ2) is 7.57. The van der Waals surface area contributed by atoms with Crippen LogP contribution in [-0.4, -0.2) is 18.4 Å². The van der Waals surface area contributed by atoms with Gasteiger partial charge in [-0.1, -0.05) is 36.4 Å². The Hall–Kier alpha value is -3.22. The highest BCUT2D eigenvalue weighted by Crippen LogP contribution is 2.27. The summed E-state index contributed by atoms with van der Waals surface area (Å²) in [5.74, 6) is -0.211. The molecule has 1 N–H and O–H groups in total. The number of alkyl halides is 3. The molecule has 0 aliphatic heterocycles. The third-order valence-electron chi connectivity index (χ3n) is 3.78. The van der Waals surface area contributed by atoms with Crippen molar-refractivity contribution in [1.82, 2.24) is 0 Å². The first-order valence-electron chi connectivity index (χ1n) is 8.13. The van der Waals surface area contributed by atoms with E-state index in [-0.39, 0.29) is 5.75 Å². The van der Waals surface area contributed by atoms with Crippen molar-refractivity contribution in [1.29, 1.82) is 0 Å². The number of carbonyl (C=O) groups is 1. The number of fused-ring (bicyclic) bond motifs is 1. The Morgan fingerprint density at radius 2 is 1.63 bits per heavy atom. The van der Waals surface area contributed by atoms with Crippen LogP contribution in [-0.2, 0) is 4.79 Å². The molecule has 0 heterocycles. The van der Waals surface area contributed by atoms with Gasteiger partial charge in [0.05, 0.1) is 0 Å².